The van der Waals surface area contributed by atoms with Crippen LogP contribution in [0.2, 0.25) is 0 Å². The quantitative estimate of drug-likeness (QED) is 0.810. The van der Waals surface area contributed by atoms with Crippen molar-refractivity contribution in [3.8, 4) is 0 Å². The average molecular weight is 314 g/mol. The summed E-state index contributed by atoms with van der Waals surface area (Å²) in [4.78, 5) is 4.21. The Hall–Kier alpha value is -1.56. The van der Waals surface area contributed by atoms with Crippen molar-refractivity contribution in [3.05, 3.63) is 29.3 Å². The standard InChI is InChI=1S/C15H17F3N2S/c1-3-5-9(6-4-2)11-7-10(15(16,17)18)8-12-13(11)20-14(19)21-12/h5,7-8H,3-4,6H2,1-2H3,(H2,19,20)/b9-5+. The first-order chi connectivity index (χ1) is 9.86. The van der Waals surface area contributed by atoms with Crippen molar-refractivity contribution in [1.82, 2.24) is 4.98 Å². The van der Waals surface area contributed by atoms with E-state index in [0.717, 1.165) is 42.2 Å². The molecule has 0 amide bonds. The molecule has 0 spiro atoms. The predicted molar refractivity (Wildman–Crippen MR) is 82.2 cm³/mol. The summed E-state index contributed by atoms with van der Waals surface area (Å²) in [5.41, 5.74) is 7.05. The van der Waals surface area contributed by atoms with Gasteiger partial charge in [-0.3, -0.25) is 0 Å². The Bertz CT molecular complexity index is 671. The zero-order valence-electron chi connectivity index (χ0n) is 11.9. The minimum Gasteiger partial charge on any atom is -0.375 e. The van der Waals surface area contributed by atoms with Gasteiger partial charge in [-0.2, -0.15) is 13.2 Å². The third kappa shape index (κ3) is 3.37. The van der Waals surface area contributed by atoms with E-state index in [1.807, 2.05) is 19.9 Å². The van der Waals surface area contributed by atoms with Crippen LogP contribution in [0.3, 0.4) is 0 Å². The lowest BCUT2D eigenvalue weighted by Gasteiger charge is -2.12. The van der Waals surface area contributed by atoms with Crippen LogP contribution in [0.4, 0.5) is 18.3 Å². The molecule has 0 radical (unpaired) electrons. The van der Waals surface area contributed by atoms with E-state index in [1.54, 1.807) is 0 Å². The number of hydrogen-bond donors (Lipinski definition) is 1. The number of alkyl halides is 3. The molecule has 0 atom stereocenters. The van der Waals surface area contributed by atoms with E-state index >= 15 is 0 Å². The molecule has 0 aliphatic heterocycles. The molecule has 0 aliphatic rings. The van der Waals surface area contributed by atoms with Gasteiger partial charge in [0.1, 0.15) is 0 Å². The molecule has 1 heterocycles. The first-order valence-electron chi connectivity index (χ1n) is 6.83. The molecule has 2 rings (SSSR count). The highest BCUT2D eigenvalue weighted by Gasteiger charge is 2.32. The van der Waals surface area contributed by atoms with Crippen molar-refractivity contribution in [2.75, 3.05) is 5.73 Å². The maximum atomic E-state index is 13.1. The van der Waals surface area contributed by atoms with Crippen LogP contribution in [-0.2, 0) is 6.18 Å². The number of halogens is 3. The number of fused-ring (bicyclic) bond motifs is 1. The van der Waals surface area contributed by atoms with Crippen LogP contribution in [0.5, 0.6) is 0 Å². The number of nitrogens with two attached hydrogens (primary N) is 1. The van der Waals surface area contributed by atoms with Crippen LogP contribution >= 0.6 is 11.3 Å². The molecule has 114 valence electrons. The summed E-state index contributed by atoms with van der Waals surface area (Å²) >= 11 is 1.09. The Morgan fingerprint density at radius 1 is 1.33 bits per heavy atom. The van der Waals surface area contributed by atoms with Gasteiger partial charge in [0, 0.05) is 5.56 Å². The third-order valence-electron chi connectivity index (χ3n) is 3.15. The van der Waals surface area contributed by atoms with E-state index in [0.29, 0.717) is 15.8 Å². The topological polar surface area (TPSA) is 38.9 Å². The molecule has 0 saturated heterocycles. The fraction of sp³-hybridized carbons (Fsp3) is 0.400. The molecule has 2 N–H and O–H groups in total. The molecule has 1 aromatic carbocycles. The van der Waals surface area contributed by atoms with Crippen LogP contribution in [0.15, 0.2) is 18.2 Å². The monoisotopic (exact) mass is 314 g/mol. The van der Waals surface area contributed by atoms with E-state index in [2.05, 4.69) is 4.98 Å². The first kappa shape index (κ1) is 15.8. The molecule has 0 bridgehead atoms. The molecular formula is C15H17F3N2S. The average Bonchev–Trinajstić information content (AvgIpc) is 2.76. The highest BCUT2D eigenvalue weighted by molar-refractivity contribution is 7.22. The van der Waals surface area contributed by atoms with Gasteiger partial charge in [-0.1, -0.05) is 37.7 Å². The number of nitrogens with zero attached hydrogens (tertiary/aromatic N) is 1. The Kier molecular flexibility index (Phi) is 4.56. The number of rotatable bonds is 4. The van der Waals surface area contributed by atoms with Gasteiger partial charge in [0.05, 0.1) is 15.8 Å². The van der Waals surface area contributed by atoms with Crippen molar-refractivity contribution >= 4 is 32.3 Å². The molecule has 0 saturated carbocycles. The van der Waals surface area contributed by atoms with Crippen LogP contribution in [0.1, 0.15) is 44.2 Å². The fourth-order valence-electron chi connectivity index (χ4n) is 2.32. The van der Waals surface area contributed by atoms with Crippen LogP contribution in [0.25, 0.3) is 15.8 Å². The molecule has 0 aliphatic carbocycles. The Morgan fingerprint density at radius 3 is 2.62 bits per heavy atom. The highest BCUT2D eigenvalue weighted by Crippen LogP contribution is 2.38. The van der Waals surface area contributed by atoms with Gasteiger partial charge in [-0.25, -0.2) is 4.98 Å². The molecule has 1 aromatic heterocycles. The predicted octanol–water partition coefficient (Wildman–Crippen LogP) is 5.49. The number of hydrogen-bond acceptors (Lipinski definition) is 3. The van der Waals surface area contributed by atoms with Gasteiger partial charge >= 0.3 is 6.18 Å². The molecule has 2 nitrogen and oxygen atoms in total. The zero-order valence-corrected chi connectivity index (χ0v) is 12.7. The molecule has 0 fully saturated rings. The Balaban J connectivity index is 2.72. The van der Waals surface area contributed by atoms with Gasteiger partial charge in [0.2, 0.25) is 0 Å². The minimum absolute atomic E-state index is 0.290. The number of allylic oxidation sites excluding steroid dienone is 2. The third-order valence-corrected chi connectivity index (χ3v) is 3.99. The van der Waals surface area contributed by atoms with Crippen molar-refractivity contribution in [2.24, 2.45) is 0 Å². The fourth-order valence-corrected chi connectivity index (χ4v) is 3.12. The largest absolute Gasteiger partial charge is 0.416 e. The van der Waals surface area contributed by atoms with E-state index in [9.17, 15) is 13.2 Å². The van der Waals surface area contributed by atoms with Gasteiger partial charge in [0.25, 0.3) is 0 Å². The van der Waals surface area contributed by atoms with E-state index in [1.165, 1.54) is 6.07 Å². The van der Waals surface area contributed by atoms with Crippen LogP contribution in [0, 0.1) is 0 Å². The van der Waals surface area contributed by atoms with Crippen molar-refractivity contribution in [1.29, 1.82) is 0 Å². The van der Waals surface area contributed by atoms with Crippen LogP contribution in [-0.4, -0.2) is 4.98 Å². The lowest BCUT2D eigenvalue weighted by molar-refractivity contribution is -0.137. The lowest BCUT2D eigenvalue weighted by Crippen LogP contribution is -2.05. The number of aromatic nitrogens is 1. The van der Waals surface area contributed by atoms with Crippen molar-refractivity contribution in [2.45, 2.75) is 39.3 Å². The van der Waals surface area contributed by atoms with Gasteiger partial charge in [-0.15, -0.1) is 0 Å². The van der Waals surface area contributed by atoms with E-state index in [-0.39, 0.29) is 5.13 Å². The molecular weight excluding hydrogens is 297 g/mol. The normalized spacial score (nSPS) is 13.1. The minimum atomic E-state index is -4.37. The molecule has 6 heteroatoms. The van der Waals surface area contributed by atoms with Gasteiger partial charge in [0.15, 0.2) is 5.13 Å². The summed E-state index contributed by atoms with van der Waals surface area (Å²) in [5.74, 6) is 0. The second kappa shape index (κ2) is 6.05. The molecule has 2 aromatic rings. The number of thiazole rings is 1. The molecule has 0 unspecified atom stereocenters. The van der Waals surface area contributed by atoms with Gasteiger partial charge in [-0.05, 0) is 30.5 Å². The number of nitrogen functional groups attached to an aromatic ring is 1. The summed E-state index contributed by atoms with van der Waals surface area (Å²) in [7, 11) is 0. The first-order valence-corrected chi connectivity index (χ1v) is 7.65. The summed E-state index contributed by atoms with van der Waals surface area (Å²) < 4.78 is 39.7. The number of anilines is 1. The van der Waals surface area contributed by atoms with E-state index in [4.69, 9.17) is 5.73 Å². The van der Waals surface area contributed by atoms with Gasteiger partial charge < -0.3 is 5.73 Å². The summed E-state index contributed by atoms with van der Waals surface area (Å²) in [6, 6.07) is 2.32. The highest BCUT2D eigenvalue weighted by atomic mass is 32.1. The molecule has 21 heavy (non-hydrogen) atoms. The second-order valence-corrected chi connectivity index (χ2v) is 5.87. The van der Waals surface area contributed by atoms with Crippen molar-refractivity contribution < 1.29 is 13.2 Å². The number of benzene rings is 1. The maximum Gasteiger partial charge on any atom is 0.416 e. The summed E-state index contributed by atoms with van der Waals surface area (Å²) in [6.45, 7) is 3.97. The summed E-state index contributed by atoms with van der Waals surface area (Å²) in [5, 5.41) is 0.290. The zero-order chi connectivity index (χ0) is 15.6. The Labute approximate surface area is 125 Å². The van der Waals surface area contributed by atoms with Crippen LogP contribution < -0.4 is 5.73 Å². The smallest absolute Gasteiger partial charge is 0.375 e. The SMILES string of the molecule is CC/C=C(\CCC)c1cc(C(F)(F)F)cc2sc(N)nc12. The second-order valence-electron chi connectivity index (χ2n) is 4.81. The lowest BCUT2D eigenvalue weighted by atomic mass is 9.97. The van der Waals surface area contributed by atoms with E-state index < -0.39 is 11.7 Å². The Morgan fingerprint density at radius 2 is 2.05 bits per heavy atom. The summed E-state index contributed by atoms with van der Waals surface area (Å²) in [6.07, 6.45) is -0.0449. The van der Waals surface area contributed by atoms with Crippen molar-refractivity contribution in [3.63, 3.8) is 0 Å². The maximum absolute atomic E-state index is 13.1.